The molecule has 1 aliphatic carbocycles. The molecule has 8 nitrogen and oxygen atoms in total. The van der Waals surface area contributed by atoms with E-state index in [1.807, 2.05) is 0 Å². The van der Waals surface area contributed by atoms with E-state index in [9.17, 15) is 31.5 Å². The number of carbonyl (C=O) groups excluding carboxylic acids is 2. The second-order valence-electron chi connectivity index (χ2n) is 7.13. The highest BCUT2D eigenvalue weighted by Crippen LogP contribution is 2.43. The summed E-state index contributed by atoms with van der Waals surface area (Å²) in [5.41, 5.74) is -0.295. The van der Waals surface area contributed by atoms with E-state index >= 15 is 0 Å². The van der Waals surface area contributed by atoms with Crippen molar-refractivity contribution >= 4 is 23.4 Å². The van der Waals surface area contributed by atoms with Crippen molar-refractivity contribution in [3.8, 4) is 0 Å². The Hall–Kier alpha value is -3.25. The summed E-state index contributed by atoms with van der Waals surface area (Å²) >= 11 is 0. The zero-order valence-corrected chi connectivity index (χ0v) is 16.4. The molecule has 2 aromatic heterocycles. The number of aromatic nitrogens is 3. The largest absolute Gasteiger partial charge is 0.483 e. The van der Waals surface area contributed by atoms with Crippen molar-refractivity contribution < 1.29 is 36.3 Å². The number of halogens is 5. The van der Waals surface area contributed by atoms with Gasteiger partial charge in [-0.3, -0.25) is 14.8 Å². The molecular formula is C18H18F5N5O3. The molecule has 1 aliphatic rings. The van der Waals surface area contributed by atoms with Gasteiger partial charge in [-0.05, 0) is 25.0 Å². The Morgan fingerprint density at radius 2 is 2.00 bits per heavy atom. The number of ether oxygens (including phenoxy) is 1. The molecule has 0 unspecified atom stereocenters. The minimum atomic E-state index is -4.80. The van der Waals surface area contributed by atoms with E-state index in [2.05, 4.69) is 20.1 Å². The number of amides is 1. The summed E-state index contributed by atoms with van der Waals surface area (Å²) < 4.78 is 70.2. The van der Waals surface area contributed by atoms with Gasteiger partial charge >= 0.3 is 12.3 Å². The van der Waals surface area contributed by atoms with Gasteiger partial charge in [0.05, 0.1) is 7.11 Å². The van der Waals surface area contributed by atoms with Crippen LogP contribution in [0.5, 0.6) is 0 Å². The van der Waals surface area contributed by atoms with Crippen LogP contribution in [0.1, 0.15) is 39.4 Å². The molecule has 0 saturated heterocycles. The first-order chi connectivity index (χ1) is 14.4. The quantitative estimate of drug-likeness (QED) is 0.399. The fraction of sp³-hybridized carbons (Fsp3) is 0.444. The molecule has 0 spiro atoms. The number of nitrogens with one attached hydrogen (secondary N) is 2. The maximum atomic E-state index is 13.2. The SMILES string of the molecule is COC(=O)c1cc(NC(=O)c2c(C)c(NC(F)(F)F)nn2CC2CC(F)(F)C2)ccn1. The summed E-state index contributed by atoms with van der Waals surface area (Å²) in [4.78, 5) is 28.2. The van der Waals surface area contributed by atoms with Crippen molar-refractivity contribution in [3.05, 3.63) is 35.3 Å². The Labute approximate surface area is 172 Å². The number of esters is 1. The van der Waals surface area contributed by atoms with Crippen LogP contribution in [0.3, 0.4) is 0 Å². The predicted octanol–water partition coefficient (Wildman–Crippen LogP) is 3.60. The molecule has 168 valence electrons. The van der Waals surface area contributed by atoms with Crippen LogP contribution in [0.2, 0.25) is 0 Å². The molecule has 0 bridgehead atoms. The number of nitrogens with zero attached hydrogens (tertiary/aromatic N) is 3. The zero-order valence-electron chi connectivity index (χ0n) is 16.4. The molecular weight excluding hydrogens is 429 g/mol. The Balaban J connectivity index is 1.88. The molecule has 1 saturated carbocycles. The summed E-state index contributed by atoms with van der Waals surface area (Å²) in [7, 11) is 1.15. The highest BCUT2D eigenvalue weighted by Gasteiger charge is 2.45. The van der Waals surface area contributed by atoms with E-state index < -0.39 is 48.7 Å². The molecule has 31 heavy (non-hydrogen) atoms. The summed E-state index contributed by atoms with van der Waals surface area (Å²) in [5, 5.41) is 7.49. The standard InChI is InChI=1S/C18H18F5N5O3/c1-9-13(15(29)25-11-3-4-24-12(5-11)16(30)31-2)28(8-10-6-17(19,20)7-10)27-14(9)26-18(21,22)23/h3-5,10H,6-8H2,1-2H3,(H,26,27)(H,24,25,29). The molecule has 3 rings (SSSR count). The van der Waals surface area contributed by atoms with Crippen LogP contribution in [0, 0.1) is 12.8 Å². The van der Waals surface area contributed by atoms with Crippen LogP contribution < -0.4 is 10.6 Å². The second-order valence-corrected chi connectivity index (χ2v) is 7.13. The number of carbonyl (C=O) groups is 2. The van der Waals surface area contributed by atoms with E-state index in [-0.39, 0.29) is 29.2 Å². The van der Waals surface area contributed by atoms with Gasteiger partial charge in [-0.2, -0.15) is 18.3 Å². The number of methoxy groups -OCH3 is 1. The summed E-state index contributed by atoms with van der Waals surface area (Å²) in [6.07, 6.45) is -4.45. The monoisotopic (exact) mass is 447 g/mol. The predicted molar refractivity (Wildman–Crippen MR) is 97.8 cm³/mol. The van der Waals surface area contributed by atoms with Gasteiger partial charge in [-0.25, -0.2) is 18.6 Å². The minimum absolute atomic E-state index is 0.0957. The van der Waals surface area contributed by atoms with E-state index in [4.69, 9.17) is 0 Å². The highest BCUT2D eigenvalue weighted by atomic mass is 19.4. The molecule has 0 atom stereocenters. The van der Waals surface area contributed by atoms with Crippen LogP contribution in [0.4, 0.5) is 33.5 Å². The third kappa shape index (κ3) is 5.27. The van der Waals surface area contributed by atoms with Gasteiger partial charge in [0.1, 0.15) is 11.4 Å². The second kappa shape index (κ2) is 8.12. The smallest absolute Gasteiger partial charge is 0.464 e. The summed E-state index contributed by atoms with van der Waals surface area (Å²) in [6, 6.07) is 2.59. The zero-order chi connectivity index (χ0) is 23.0. The number of hydrogen-bond acceptors (Lipinski definition) is 6. The maximum absolute atomic E-state index is 13.2. The lowest BCUT2D eigenvalue weighted by Gasteiger charge is -2.34. The molecule has 0 radical (unpaired) electrons. The first kappa shape index (κ1) is 22.4. The molecule has 13 heteroatoms. The minimum Gasteiger partial charge on any atom is -0.464 e. The van der Waals surface area contributed by atoms with E-state index in [1.54, 1.807) is 0 Å². The maximum Gasteiger partial charge on any atom is 0.483 e. The molecule has 0 aromatic carbocycles. The van der Waals surface area contributed by atoms with Crippen LogP contribution in [-0.4, -0.2) is 46.0 Å². The van der Waals surface area contributed by atoms with Gasteiger partial charge in [0, 0.05) is 36.8 Å². The van der Waals surface area contributed by atoms with Crippen LogP contribution in [0.15, 0.2) is 18.3 Å². The number of hydrogen-bond donors (Lipinski definition) is 2. The number of anilines is 2. The van der Waals surface area contributed by atoms with Crippen molar-refractivity contribution in [2.75, 3.05) is 17.7 Å². The fourth-order valence-electron chi connectivity index (χ4n) is 3.30. The van der Waals surface area contributed by atoms with Crippen LogP contribution >= 0.6 is 0 Å². The lowest BCUT2D eigenvalue weighted by atomic mass is 9.81. The van der Waals surface area contributed by atoms with E-state index in [0.29, 0.717) is 0 Å². The van der Waals surface area contributed by atoms with Crippen LogP contribution in [-0.2, 0) is 11.3 Å². The van der Waals surface area contributed by atoms with Crippen molar-refractivity contribution in [3.63, 3.8) is 0 Å². The van der Waals surface area contributed by atoms with Gasteiger partial charge in [0.2, 0.25) is 5.92 Å². The topological polar surface area (TPSA) is 98.1 Å². The lowest BCUT2D eigenvalue weighted by molar-refractivity contribution is -0.114. The highest BCUT2D eigenvalue weighted by molar-refractivity contribution is 6.05. The Kier molecular flexibility index (Phi) is 5.87. The third-order valence-corrected chi connectivity index (χ3v) is 4.68. The number of pyridine rings is 1. The van der Waals surface area contributed by atoms with Crippen molar-refractivity contribution in [1.29, 1.82) is 0 Å². The van der Waals surface area contributed by atoms with Crippen molar-refractivity contribution in [1.82, 2.24) is 14.8 Å². The number of alkyl halides is 5. The van der Waals surface area contributed by atoms with Crippen molar-refractivity contribution in [2.45, 2.75) is 38.5 Å². The Morgan fingerprint density at radius 1 is 1.32 bits per heavy atom. The number of rotatable bonds is 6. The normalized spacial score (nSPS) is 15.8. The molecule has 2 heterocycles. The average molecular weight is 447 g/mol. The van der Waals surface area contributed by atoms with E-state index in [1.165, 1.54) is 30.6 Å². The van der Waals surface area contributed by atoms with Gasteiger partial charge in [0.15, 0.2) is 5.82 Å². The third-order valence-electron chi connectivity index (χ3n) is 4.68. The van der Waals surface area contributed by atoms with Crippen LogP contribution in [0.25, 0.3) is 0 Å². The first-order valence-electron chi connectivity index (χ1n) is 9.04. The lowest BCUT2D eigenvalue weighted by Crippen LogP contribution is -2.38. The van der Waals surface area contributed by atoms with E-state index in [0.717, 1.165) is 11.8 Å². The molecule has 2 aromatic rings. The summed E-state index contributed by atoms with van der Waals surface area (Å²) in [5.74, 6) is -5.54. The average Bonchev–Trinajstić information content (AvgIpc) is 2.93. The molecule has 0 aliphatic heterocycles. The molecule has 1 amide bonds. The Morgan fingerprint density at radius 3 is 2.58 bits per heavy atom. The molecule has 1 fully saturated rings. The molecule has 2 N–H and O–H groups in total. The van der Waals surface area contributed by atoms with Crippen molar-refractivity contribution in [2.24, 2.45) is 5.92 Å². The van der Waals surface area contributed by atoms with Gasteiger partial charge in [0.25, 0.3) is 5.91 Å². The Bertz CT molecular complexity index is 997. The van der Waals surface area contributed by atoms with Gasteiger partial charge < -0.3 is 10.1 Å². The van der Waals surface area contributed by atoms with Gasteiger partial charge in [-0.1, -0.05) is 0 Å². The summed E-state index contributed by atoms with van der Waals surface area (Å²) in [6.45, 7) is 1.11. The first-order valence-corrected chi connectivity index (χ1v) is 9.04. The fourth-order valence-corrected chi connectivity index (χ4v) is 3.30. The van der Waals surface area contributed by atoms with Gasteiger partial charge in [-0.15, -0.1) is 0 Å².